The van der Waals surface area contributed by atoms with Crippen LogP contribution in [0.5, 0.6) is 17.2 Å². The van der Waals surface area contributed by atoms with Crippen LogP contribution in [0.15, 0.2) is 24.3 Å². The summed E-state index contributed by atoms with van der Waals surface area (Å²) in [7, 11) is 4.55. The first kappa shape index (κ1) is 20.3. The average molecular weight is 358 g/mol. The van der Waals surface area contributed by atoms with Crippen molar-refractivity contribution in [2.45, 2.75) is 0 Å². The van der Waals surface area contributed by atoms with E-state index in [9.17, 15) is 4.79 Å². The quantitative estimate of drug-likeness (QED) is 0.551. The second-order valence-electron chi connectivity index (χ2n) is 5.20. The first-order valence-electron chi connectivity index (χ1n) is 7.44. The molecule has 24 heavy (non-hydrogen) atoms. The second-order valence-corrected chi connectivity index (χ2v) is 5.20. The monoisotopic (exact) mass is 357 g/mol. The Labute approximate surface area is 148 Å². The molecule has 7 heteroatoms. The highest BCUT2D eigenvalue weighted by molar-refractivity contribution is 6.11. The van der Waals surface area contributed by atoms with E-state index in [2.05, 4.69) is 11.5 Å². The molecule has 0 atom stereocenters. The number of ketones is 1. The fourth-order valence-corrected chi connectivity index (χ4v) is 2.57. The fourth-order valence-electron chi connectivity index (χ4n) is 2.57. The zero-order chi connectivity index (χ0) is 16.8. The first-order chi connectivity index (χ1) is 11.1. The lowest BCUT2D eigenvalue weighted by Crippen LogP contribution is -2.38. The van der Waals surface area contributed by atoms with Crippen LogP contribution in [0.1, 0.15) is 10.4 Å². The minimum absolute atomic E-state index is 0. The molecule has 0 bridgehead atoms. The van der Waals surface area contributed by atoms with Gasteiger partial charge in [0.05, 0.1) is 40.1 Å². The van der Waals surface area contributed by atoms with Crippen LogP contribution >= 0.6 is 12.4 Å². The molecule has 6 nitrogen and oxygen atoms in total. The van der Waals surface area contributed by atoms with E-state index < -0.39 is 0 Å². The Morgan fingerprint density at radius 3 is 2.29 bits per heavy atom. The van der Waals surface area contributed by atoms with Gasteiger partial charge in [-0.2, -0.15) is 0 Å². The van der Waals surface area contributed by atoms with Crippen molar-refractivity contribution in [3.63, 3.8) is 0 Å². The van der Waals surface area contributed by atoms with Crippen LogP contribution in [0, 0.1) is 0 Å². The molecule has 1 heterocycles. The molecular weight excluding hydrogens is 334 g/mol. The van der Waals surface area contributed by atoms with Crippen molar-refractivity contribution in [1.82, 2.24) is 4.90 Å². The van der Waals surface area contributed by atoms with Gasteiger partial charge in [-0.05, 0) is 12.1 Å². The van der Waals surface area contributed by atoms with Crippen LogP contribution in [0.2, 0.25) is 0 Å². The predicted molar refractivity (Wildman–Crippen MR) is 94.1 cm³/mol. The standard InChI is InChI=1S/C17H23NO5.ClH/c1-12(11-18-7-9-23-10-8-18)15(19)13-5-6-14(20-2)17(22-4)16(13)21-3;/h5-6H,1,7-11H2,2-4H3;1H. The molecule has 1 aromatic rings. The van der Waals surface area contributed by atoms with Gasteiger partial charge in [-0.1, -0.05) is 6.58 Å². The molecule has 0 unspecified atom stereocenters. The summed E-state index contributed by atoms with van der Waals surface area (Å²) in [5, 5.41) is 0. The number of morpholine rings is 1. The van der Waals surface area contributed by atoms with E-state index in [1.54, 1.807) is 12.1 Å². The molecule has 1 aliphatic heterocycles. The van der Waals surface area contributed by atoms with Crippen LogP contribution < -0.4 is 14.2 Å². The number of methoxy groups -OCH3 is 3. The summed E-state index contributed by atoms with van der Waals surface area (Å²) in [5.41, 5.74) is 0.931. The molecule has 1 aromatic carbocycles. The van der Waals surface area contributed by atoms with Gasteiger partial charge in [-0.3, -0.25) is 9.69 Å². The van der Waals surface area contributed by atoms with E-state index in [0.717, 1.165) is 13.1 Å². The van der Waals surface area contributed by atoms with E-state index in [-0.39, 0.29) is 18.2 Å². The molecule has 1 saturated heterocycles. The first-order valence-corrected chi connectivity index (χ1v) is 7.44. The SMILES string of the molecule is C=C(CN1CCOCC1)C(=O)c1ccc(OC)c(OC)c1OC.Cl. The van der Waals surface area contributed by atoms with Crippen molar-refractivity contribution >= 4 is 18.2 Å². The minimum atomic E-state index is -0.158. The number of carbonyl (C=O) groups excluding carboxylic acids is 1. The Bertz CT molecular complexity index is 585. The Kier molecular flexibility index (Phi) is 8.04. The summed E-state index contributed by atoms with van der Waals surface area (Å²) in [6.07, 6.45) is 0. The highest BCUT2D eigenvalue weighted by Gasteiger charge is 2.23. The Balaban J connectivity index is 0.00000288. The van der Waals surface area contributed by atoms with Gasteiger partial charge in [0.2, 0.25) is 5.75 Å². The number of halogens is 1. The molecule has 0 radical (unpaired) electrons. The maximum atomic E-state index is 12.7. The zero-order valence-corrected chi connectivity index (χ0v) is 15.1. The molecule has 0 saturated carbocycles. The molecule has 1 fully saturated rings. The lowest BCUT2D eigenvalue weighted by Gasteiger charge is -2.27. The van der Waals surface area contributed by atoms with Gasteiger partial charge in [-0.15, -0.1) is 12.4 Å². The average Bonchev–Trinajstić information content (AvgIpc) is 2.60. The number of Topliss-reactive ketones (excluding diaryl/α,β-unsaturated/α-hetero) is 1. The van der Waals surface area contributed by atoms with Crippen LogP contribution in [0.25, 0.3) is 0 Å². The smallest absolute Gasteiger partial charge is 0.204 e. The van der Waals surface area contributed by atoms with Crippen molar-refractivity contribution in [2.24, 2.45) is 0 Å². The lowest BCUT2D eigenvalue weighted by atomic mass is 10.0. The van der Waals surface area contributed by atoms with E-state index in [0.29, 0.717) is 48.1 Å². The molecule has 0 spiro atoms. The number of rotatable bonds is 7. The van der Waals surface area contributed by atoms with E-state index in [1.807, 2.05) is 0 Å². The number of hydrogen-bond donors (Lipinski definition) is 0. The van der Waals surface area contributed by atoms with Gasteiger partial charge >= 0.3 is 0 Å². The van der Waals surface area contributed by atoms with Gasteiger partial charge in [0.25, 0.3) is 0 Å². The number of carbonyl (C=O) groups is 1. The van der Waals surface area contributed by atoms with Gasteiger partial charge < -0.3 is 18.9 Å². The molecule has 0 N–H and O–H groups in total. The summed E-state index contributed by atoms with van der Waals surface area (Å²) in [4.78, 5) is 14.9. The number of nitrogens with zero attached hydrogens (tertiary/aromatic N) is 1. The highest BCUT2D eigenvalue weighted by atomic mass is 35.5. The third-order valence-corrected chi connectivity index (χ3v) is 3.79. The number of hydrogen-bond acceptors (Lipinski definition) is 6. The Morgan fingerprint density at radius 1 is 1.12 bits per heavy atom. The van der Waals surface area contributed by atoms with Gasteiger partial charge in [-0.25, -0.2) is 0 Å². The van der Waals surface area contributed by atoms with E-state index >= 15 is 0 Å². The molecule has 0 aliphatic carbocycles. The predicted octanol–water partition coefficient (Wildman–Crippen LogP) is 2.21. The molecule has 1 aliphatic rings. The largest absolute Gasteiger partial charge is 0.493 e. The third-order valence-electron chi connectivity index (χ3n) is 3.79. The number of benzene rings is 1. The summed E-state index contributed by atoms with van der Waals surface area (Å²) in [6.45, 7) is 7.42. The van der Waals surface area contributed by atoms with Crippen LogP contribution in [0.4, 0.5) is 0 Å². The van der Waals surface area contributed by atoms with Gasteiger partial charge in [0, 0.05) is 25.2 Å². The zero-order valence-electron chi connectivity index (χ0n) is 14.3. The van der Waals surface area contributed by atoms with Crippen molar-refractivity contribution in [2.75, 3.05) is 54.2 Å². The fraction of sp³-hybridized carbons (Fsp3) is 0.471. The molecule has 134 valence electrons. The van der Waals surface area contributed by atoms with Crippen molar-refractivity contribution in [3.8, 4) is 17.2 Å². The summed E-state index contributed by atoms with van der Waals surface area (Å²) in [5.74, 6) is 1.12. The van der Waals surface area contributed by atoms with Crippen molar-refractivity contribution in [1.29, 1.82) is 0 Å². The molecular formula is C17H24ClNO5. The second kappa shape index (κ2) is 9.52. The highest BCUT2D eigenvalue weighted by Crippen LogP contribution is 2.40. The van der Waals surface area contributed by atoms with E-state index in [4.69, 9.17) is 18.9 Å². The Hall–Kier alpha value is -1.76. The summed E-state index contributed by atoms with van der Waals surface area (Å²) < 4.78 is 21.2. The topological polar surface area (TPSA) is 57.2 Å². The summed E-state index contributed by atoms with van der Waals surface area (Å²) >= 11 is 0. The van der Waals surface area contributed by atoms with Crippen LogP contribution in [0.3, 0.4) is 0 Å². The molecule has 2 rings (SSSR count). The normalized spacial score (nSPS) is 14.5. The van der Waals surface area contributed by atoms with Crippen LogP contribution in [-0.4, -0.2) is 64.9 Å². The van der Waals surface area contributed by atoms with E-state index in [1.165, 1.54) is 21.3 Å². The van der Waals surface area contributed by atoms with Gasteiger partial charge in [0.1, 0.15) is 0 Å². The van der Waals surface area contributed by atoms with Crippen molar-refractivity contribution in [3.05, 3.63) is 29.8 Å². The maximum absolute atomic E-state index is 12.7. The Morgan fingerprint density at radius 2 is 1.75 bits per heavy atom. The molecule has 0 amide bonds. The van der Waals surface area contributed by atoms with Crippen LogP contribution in [-0.2, 0) is 4.74 Å². The molecule has 0 aromatic heterocycles. The van der Waals surface area contributed by atoms with Gasteiger partial charge in [0.15, 0.2) is 17.3 Å². The van der Waals surface area contributed by atoms with Crippen molar-refractivity contribution < 1.29 is 23.7 Å². The lowest BCUT2D eigenvalue weighted by molar-refractivity contribution is 0.0418. The summed E-state index contributed by atoms with van der Waals surface area (Å²) in [6, 6.07) is 3.36. The number of ether oxygens (including phenoxy) is 4. The third kappa shape index (κ3) is 4.41. The minimum Gasteiger partial charge on any atom is -0.493 e. The maximum Gasteiger partial charge on any atom is 0.204 e.